The lowest BCUT2D eigenvalue weighted by atomic mass is 10.4. The third-order valence-corrected chi connectivity index (χ3v) is 1.37. The van der Waals surface area contributed by atoms with Crippen LogP contribution in [0.1, 0.15) is 0 Å². The van der Waals surface area contributed by atoms with Gasteiger partial charge in [-0.05, 0) is 0 Å². The number of anilines is 1. The smallest absolute Gasteiger partial charge is 0.109 e. The first kappa shape index (κ1) is 5.22. The van der Waals surface area contributed by atoms with Crippen molar-refractivity contribution in [1.29, 1.82) is 0 Å². The van der Waals surface area contributed by atoms with E-state index in [1.165, 1.54) is 0 Å². The summed E-state index contributed by atoms with van der Waals surface area (Å²) in [6.07, 6.45) is 4.87. The molecular formula is C6H6N4. The average molecular weight is 134 g/mol. The van der Waals surface area contributed by atoms with Crippen LogP contribution >= 0.6 is 0 Å². The number of pyridine rings is 1. The van der Waals surface area contributed by atoms with Crippen molar-refractivity contribution in [2.75, 3.05) is 5.73 Å². The van der Waals surface area contributed by atoms with Gasteiger partial charge in [0.1, 0.15) is 5.52 Å². The fraction of sp³-hybridized carbons (Fsp3) is 0. The van der Waals surface area contributed by atoms with Gasteiger partial charge in [-0.2, -0.15) is 0 Å². The summed E-state index contributed by atoms with van der Waals surface area (Å²) < 4.78 is 0. The molecule has 3 N–H and O–H groups in total. The fourth-order valence-corrected chi connectivity index (χ4v) is 0.887. The van der Waals surface area contributed by atoms with Crippen molar-refractivity contribution in [2.24, 2.45) is 0 Å². The molecule has 2 heterocycles. The van der Waals surface area contributed by atoms with Crippen molar-refractivity contribution in [3.63, 3.8) is 0 Å². The van der Waals surface area contributed by atoms with E-state index in [9.17, 15) is 0 Å². The van der Waals surface area contributed by atoms with Crippen LogP contribution in [0.15, 0.2) is 18.7 Å². The lowest BCUT2D eigenvalue weighted by Gasteiger charge is -1.90. The molecule has 4 nitrogen and oxygen atoms in total. The molecule has 0 saturated heterocycles. The Balaban J connectivity index is 2.95. The summed E-state index contributed by atoms with van der Waals surface area (Å²) in [5, 5.41) is 0. The standard InChI is InChI=1S/C6H6N4/c7-4-1-8-2-5-6(4)10-3-9-5/h1-3H,7H2,(H,9,10). The monoisotopic (exact) mass is 134 g/mol. The highest BCUT2D eigenvalue weighted by atomic mass is 14.9. The number of hydrogen-bond acceptors (Lipinski definition) is 3. The Kier molecular flexibility index (Phi) is 0.887. The Labute approximate surface area is 57.1 Å². The maximum Gasteiger partial charge on any atom is 0.109 e. The summed E-state index contributed by atoms with van der Waals surface area (Å²) in [4.78, 5) is 10.8. The van der Waals surface area contributed by atoms with Gasteiger partial charge < -0.3 is 10.7 Å². The molecule has 4 heteroatoms. The largest absolute Gasteiger partial charge is 0.396 e. The Bertz CT molecular complexity index is 351. The second kappa shape index (κ2) is 1.70. The normalized spacial score (nSPS) is 10.4. The summed E-state index contributed by atoms with van der Waals surface area (Å²) in [5.41, 5.74) is 7.86. The van der Waals surface area contributed by atoms with Crippen molar-refractivity contribution in [3.05, 3.63) is 18.7 Å². The zero-order valence-electron chi connectivity index (χ0n) is 5.20. The van der Waals surface area contributed by atoms with Crippen LogP contribution in [0.3, 0.4) is 0 Å². The molecule has 0 saturated carbocycles. The van der Waals surface area contributed by atoms with Gasteiger partial charge in [0.05, 0.1) is 29.9 Å². The summed E-state index contributed by atoms with van der Waals surface area (Å²) >= 11 is 0. The van der Waals surface area contributed by atoms with E-state index in [2.05, 4.69) is 15.0 Å². The molecule has 0 atom stereocenters. The van der Waals surface area contributed by atoms with E-state index in [0.717, 1.165) is 11.0 Å². The predicted octanol–water partition coefficient (Wildman–Crippen LogP) is 0.540. The fourth-order valence-electron chi connectivity index (χ4n) is 0.887. The van der Waals surface area contributed by atoms with Gasteiger partial charge in [-0.25, -0.2) is 4.98 Å². The van der Waals surface area contributed by atoms with Crippen LogP contribution in [0.5, 0.6) is 0 Å². The zero-order valence-corrected chi connectivity index (χ0v) is 5.20. The molecule has 10 heavy (non-hydrogen) atoms. The number of fused-ring (bicyclic) bond motifs is 1. The van der Waals surface area contributed by atoms with Crippen LogP contribution in [0.25, 0.3) is 11.0 Å². The molecule has 0 amide bonds. The first-order chi connectivity index (χ1) is 4.88. The molecule has 50 valence electrons. The van der Waals surface area contributed by atoms with Gasteiger partial charge in [-0.1, -0.05) is 0 Å². The van der Waals surface area contributed by atoms with Crippen LogP contribution in [-0.4, -0.2) is 15.0 Å². The highest BCUT2D eigenvalue weighted by Gasteiger charge is 1.97. The van der Waals surface area contributed by atoms with Crippen LogP contribution in [0.2, 0.25) is 0 Å². The molecule has 2 rings (SSSR count). The quantitative estimate of drug-likeness (QED) is 0.552. The minimum Gasteiger partial charge on any atom is -0.396 e. The molecule has 0 spiro atoms. The lowest BCUT2D eigenvalue weighted by molar-refractivity contribution is 1.33. The number of aromatic amines is 1. The van der Waals surface area contributed by atoms with Gasteiger partial charge in [0.2, 0.25) is 0 Å². The number of nitrogen functional groups attached to an aromatic ring is 1. The third-order valence-electron chi connectivity index (χ3n) is 1.37. The van der Waals surface area contributed by atoms with Crippen molar-refractivity contribution in [3.8, 4) is 0 Å². The summed E-state index contributed by atoms with van der Waals surface area (Å²) in [5.74, 6) is 0. The summed E-state index contributed by atoms with van der Waals surface area (Å²) in [6, 6.07) is 0. The Hall–Kier alpha value is -1.58. The number of nitrogens with one attached hydrogen (secondary N) is 1. The van der Waals surface area contributed by atoms with Gasteiger partial charge in [-0.3, -0.25) is 4.98 Å². The highest BCUT2D eigenvalue weighted by Crippen LogP contribution is 2.13. The molecule has 0 aromatic carbocycles. The summed E-state index contributed by atoms with van der Waals surface area (Å²) in [7, 11) is 0. The van der Waals surface area contributed by atoms with Crippen LogP contribution in [-0.2, 0) is 0 Å². The van der Waals surface area contributed by atoms with E-state index in [1.54, 1.807) is 18.7 Å². The number of rotatable bonds is 0. The molecule has 0 unspecified atom stereocenters. The second-order valence-electron chi connectivity index (χ2n) is 2.03. The molecule has 0 aliphatic rings. The molecule has 0 aliphatic heterocycles. The van der Waals surface area contributed by atoms with Gasteiger partial charge in [-0.15, -0.1) is 0 Å². The molecule has 0 fully saturated rings. The first-order valence-corrected chi connectivity index (χ1v) is 2.90. The zero-order chi connectivity index (χ0) is 6.97. The van der Waals surface area contributed by atoms with Crippen molar-refractivity contribution in [2.45, 2.75) is 0 Å². The van der Waals surface area contributed by atoms with Crippen molar-refractivity contribution in [1.82, 2.24) is 15.0 Å². The van der Waals surface area contributed by atoms with E-state index < -0.39 is 0 Å². The highest BCUT2D eigenvalue weighted by molar-refractivity contribution is 5.84. The predicted molar refractivity (Wildman–Crippen MR) is 38.3 cm³/mol. The molecular weight excluding hydrogens is 128 g/mol. The number of imidazole rings is 1. The van der Waals surface area contributed by atoms with E-state index in [-0.39, 0.29) is 0 Å². The van der Waals surface area contributed by atoms with Gasteiger partial charge in [0, 0.05) is 0 Å². The van der Waals surface area contributed by atoms with Crippen LogP contribution < -0.4 is 5.73 Å². The summed E-state index contributed by atoms with van der Waals surface area (Å²) in [6.45, 7) is 0. The van der Waals surface area contributed by atoms with E-state index in [4.69, 9.17) is 5.73 Å². The van der Waals surface area contributed by atoms with E-state index in [0.29, 0.717) is 5.69 Å². The lowest BCUT2D eigenvalue weighted by Crippen LogP contribution is -1.86. The SMILES string of the molecule is Nc1cncc2nc[nH]c12. The molecule has 2 aromatic rings. The van der Waals surface area contributed by atoms with Crippen LogP contribution in [0, 0.1) is 0 Å². The van der Waals surface area contributed by atoms with Gasteiger partial charge in [0.15, 0.2) is 0 Å². The number of nitrogens with zero attached hydrogens (tertiary/aromatic N) is 2. The topological polar surface area (TPSA) is 67.6 Å². The first-order valence-electron chi connectivity index (χ1n) is 2.90. The maximum atomic E-state index is 5.57. The number of hydrogen-bond donors (Lipinski definition) is 2. The van der Waals surface area contributed by atoms with Crippen molar-refractivity contribution >= 4 is 16.7 Å². The van der Waals surface area contributed by atoms with E-state index in [1.807, 2.05) is 0 Å². The van der Waals surface area contributed by atoms with Gasteiger partial charge in [0.25, 0.3) is 0 Å². The number of aromatic nitrogens is 3. The molecule has 0 aliphatic carbocycles. The van der Waals surface area contributed by atoms with Crippen LogP contribution in [0.4, 0.5) is 5.69 Å². The Morgan fingerprint density at radius 2 is 2.30 bits per heavy atom. The minimum absolute atomic E-state index is 0.634. The molecule has 2 aromatic heterocycles. The number of nitrogens with two attached hydrogens (primary N) is 1. The average Bonchev–Trinajstić information content (AvgIpc) is 2.36. The van der Waals surface area contributed by atoms with E-state index >= 15 is 0 Å². The second-order valence-corrected chi connectivity index (χ2v) is 2.03. The molecule has 0 bridgehead atoms. The Morgan fingerprint density at radius 1 is 1.40 bits per heavy atom. The third kappa shape index (κ3) is 0.556. The Morgan fingerprint density at radius 3 is 3.10 bits per heavy atom. The molecule has 0 radical (unpaired) electrons. The van der Waals surface area contributed by atoms with Gasteiger partial charge >= 0.3 is 0 Å². The van der Waals surface area contributed by atoms with Crippen molar-refractivity contribution < 1.29 is 0 Å². The number of H-pyrrole nitrogens is 1. The minimum atomic E-state index is 0.634. The maximum absolute atomic E-state index is 5.57.